The molecule has 3 aromatic rings. The zero-order valence-corrected chi connectivity index (χ0v) is 14.9. The molecule has 4 rings (SSSR count). The van der Waals surface area contributed by atoms with Crippen LogP contribution in [-0.2, 0) is 4.79 Å². The van der Waals surface area contributed by atoms with E-state index < -0.39 is 0 Å². The van der Waals surface area contributed by atoms with Crippen molar-refractivity contribution in [2.75, 3.05) is 0 Å². The van der Waals surface area contributed by atoms with Crippen molar-refractivity contribution in [1.29, 1.82) is 0 Å². The van der Waals surface area contributed by atoms with Crippen LogP contribution in [0.5, 0.6) is 0 Å². The number of amides is 1. The average Bonchev–Trinajstić information content (AvgIpc) is 3.17. The summed E-state index contributed by atoms with van der Waals surface area (Å²) in [5, 5.41) is 6.74. The first-order chi connectivity index (χ1) is 12.0. The third kappa shape index (κ3) is 2.99. The summed E-state index contributed by atoms with van der Waals surface area (Å²) in [6.45, 7) is 1.52. The number of oxazole rings is 1. The summed E-state index contributed by atoms with van der Waals surface area (Å²) in [4.78, 5) is 15.4. The van der Waals surface area contributed by atoms with Gasteiger partial charge < -0.3 is 9.40 Å². The van der Waals surface area contributed by atoms with E-state index in [1.165, 1.54) is 11.9 Å². The highest BCUT2D eigenvalue weighted by molar-refractivity contribution is 7.71. The number of fused-ring (bicyclic) bond motifs is 1. The third-order valence-corrected chi connectivity index (χ3v) is 4.68. The monoisotopic (exact) mass is 371 g/mol. The molecule has 1 unspecified atom stereocenters. The average molecular weight is 372 g/mol. The number of halogens is 1. The zero-order valence-electron chi connectivity index (χ0n) is 13.3. The molecule has 2 aromatic carbocycles. The second-order valence-corrected chi connectivity index (χ2v) is 6.71. The van der Waals surface area contributed by atoms with Crippen molar-refractivity contribution >= 4 is 46.5 Å². The molecule has 0 spiro atoms. The van der Waals surface area contributed by atoms with Crippen LogP contribution in [-0.4, -0.2) is 21.6 Å². The number of carbonyl (C=O) groups is 1. The smallest absolute Gasteiger partial charge is 0.266 e. The molecule has 1 atom stereocenters. The molecule has 1 amide bonds. The van der Waals surface area contributed by atoms with E-state index in [1.54, 1.807) is 0 Å². The van der Waals surface area contributed by atoms with Crippen LogP contribution in [0, 0.1) is 4.84 Å². The van der Waals surface area contributed by atoms with Gasteiger partial charge in [-0.1, -0.05) is 23.7 Å². The molecule has 1 aliphatic heterocycles. The van der Waals surface area contributed by atoms with Crippen molar-refractivity contribution in [1.82, 2.24) is 9.99 Å². The SMILES string of the molecule is CC(=O)N1N=C(c2ccc3oc(=S)[nH]c3c2)CC1c1ccc(Cl)cc1. The summed E-state index contributed by atoms with van der Waals surface area (Å²) in [6, 6.07) is 13.1. The minimum absolute atomic E-state index is 0.0984. The van der Waals surface area contributed by atoms with E-state index in [0.717, 1.165) is 22.4 Å². The minimum Gasteiger partial charge on any atom is -0.429 e. The molecule has 0 fully saturated rings. The molecule has 0 bridgehead atoms. The Morgan fingerprint density at radius 1 is 1.32 bits per heavy atom. The number of hydrogen-bond donors (Lipinski definition) is 1. The van der Waals surface area contributed by atoms with Gasteiger partial charge in [0.15, 0.2) is 5.58 Å². The van der Waals surface area contributed by atoms with Gasteiger partial charge in [0, 0.05) is 23.9 Å². The van der Waals surface area contributed by atoms with Gasteiger partial charge in [0.25, 0.3) is 4.84 Å². The van der Waals surface area contributed by atoms with Crippen LogP contribution in [0.1, 0.15) is 30.5 Å². The third-order valence-electron chi connectivity index (χ3n) is 4.24. The van der Waals surface area contributed by atoms with E-state index in [-0.39, 0.29) is 11.9 Å². The summed E-state index contributed by atoms with van der Waals surface area (Å²) >= 11 is 11.0. The van der Waals surface area contributed by atoms with Crippen LogP contribution in [0.3, 0.4) is 0 Å². The highest BCUT2D eigenvalue weighted by Gasteiger charge is 2.31. The number of nitrogens with one attached hydrogen (secondary N) is 1. The highest BCUT2D eigenvalue weighted by atomic mass is 35.5. The predicted octanol–water partition coefficient (Wildman–Crippen LogP) is 4.84. The fraction of sp³-hybridized carbons (Fsp3) is 0.167. The van der Waals surface area contributed by atoms with Gasteiger partial charge in [-0.15, -0.1) is 0 Å². The maximum absolute atomic E-state index is 12.0. The lowest BCUT2D eigenvalue weighted by atomic mass is 9.98. The van der Waals surface area contributed by atoms with E-state index in [2.05, 4.69) is 10.1 Å². The normalized spacial score (nSPS) is 17.1. The van der Waals surface area contributed by atoms with Gasteiger partial charge in [-0.2, -0.15) is 5.10 Å². The summed E-state index contributed by atoms with van der Waals surface area (Å²) in [6.07, 6.45) is 0.630. The molecule has 7 heteroatoms. The van der Waals surface area contributed by atoms with Gasteiger partial charge in [0.2, 0.25) is 5.91 Å². The largest absolute Gasteiger partial charge is 0.429 e. The lowest BCUT2D eigenvalue weighted by molar-refractivity contribution is -0.130. The van der Waals surface area contributed by atoms with Crippen molar-refractivity contribution in [2.45, 2.75) is 19.4 Å². The molecule has 126 valence electrons. The molecule has 1 aliphatic rings. The highest BCUT2D eigenvalue weighted by Crippen LogP contribution is 2.33. The predicted molar refractivity (Wildman–Crippen MR) is 99.3 cm³/mol. The summed E-state index contributed by atoms with van der Waals surface area (Å²) in [5.41, 5.74) is 4.29. The van der Waals surface area contributed by atoms with Gasteiger partial charge in [-0.3, -0.25) is 4.79 Å². The van der Waals surface area contributed by atoms with Crippen LogP contribution in [0.25, 0.3) is 11.1 Å². The van der Waals surface area contributed by atoms with Crippen molar-refractivity contribution in [3.05, 3.63) is 63.5 Å². The topological polar surface area (TPSA) is 61.6 Å². The van der Waals surface area contributed by atoms with E-state index in [1.807, 2.05) is 42.5 Å². The zero-order chi connectivity index (χ0) is 17.6. The van der Waals surface area contributed by atoms with E-state index in [9.17, 15) is 4.79 Å². The Bertz CT molecular complexity index is 1050. The molecular weight excluding hydrogens is 358 g/mol. The number of H-pyrrole nitrogens is 1. The maximum Gasteiger partial charge on any atom is 0.266 e. The van der Waals surface area contributed by atoms with E-state index in [0.29, 0.717) is 21.9 Å². The van der Waals surface area contributed by atoms with Crippen LogP contribution >= 0.6 is 23.8 Å². The molecule has 1 N–H and O–H groups in total. The lowest BCUT2D eigenvalue weighted by Crippen LogP contribution is -2.24. The van der Waals surface area contributed by atoms with Crippen LogP contribution in [0.15, 0.2) is 52.0 Å². The lowest BCUT2D eigenvalue weighted by Gasteiger charge is -2.20. The molecule has 1 aromatic heterocycles. The minimum atomic E-state index is -0.136. The quantitative estimate of drug-likeness (QED) is 0.655. The Kier molecular flexibility index (Phi) is 3.94. The van der Waals surface area contributed by atoms with Crippen molar-refractivity contribution in [3.63, 3.8) is 0 Å². The Morgan fingerprint density at radius 2 is 2.08 bits per heavy atom. The molecule has 0 saturated carbocycles. The van der Waals surface area contributed by atoms with Gasteiger partial charge in [0.05, 0.1) is 17.3 Å². The van der Waals surface area contributed by atoms with Crippen LogP contribution < -0.4 is 0 Å². The molecular formula is C18H14ClN3O2S. The molecule has 0 saturated heterocycles. The number of aromatic nitrogens is 1. The molecule has 25 heavy (non-hydrogen) atoms. The molecule has 0 radical (unpaired) electrons. The van der Waals surface area contributed by atoms with Gasteiger partial charge >= 0.3 is 0 Å². The number of nitrogens with zero attached hydrogens (tertiary/aromatic N) is 2. The fourth-order valence-corrected chi connectivity index (χ4v) is 3.38. The molecule has 0 aliphatic carbocycles. The Morgan fingerprint density at radius 3 is 2.80 bits per heavy atom. The van der Waals surface area contributed by atoms with Crippen LogP contribution in [0.2, 0.25) is 5.02 Å². The van der Waals surface area contributed by atoms with Crippen molar-refractivity contribution < 1.29 is 9.21 Å². The molecule has 2 heterocycles. The number of benzene rings is 2. The Hall–Kier alpha value is -2.44. The second-order valence-electron chi connectivity index (χ2n) is 5.91. The first-order valence-electron chi connectivity index (χ1n) is 7.77. The first kappa shape index (κ1) is 16.1. The summed E-state index contributed by atoms with van der Waals surface area (Å²) in [5.74, 6) is -0.0984. The first-order valence-corrected chi connectivity index (χ1v) is 8.56. The summed E-state index contributed by atoms with van der Waals surface area (Å²) < 4.78 is 5.39. The van der Waals surface area contributed by atoms with Gasteiger partial charge in [-0.25, -0.2) is 5.01 Å². The van der Waals surface area contributed by atoms with E-state index in [4.69, 9.17) is 28.2 Å². The summed E-state index contributed by atoms with van der Waals surface area (Å²) in [7, 11) is 0. The number of aromatic amines is 1. The number of hydrazone groups is 1. The van der Waals surface area contributed by atoms with E-state index >= 15 is 0 Å². The van der Waals surface area contributed by atoms with Crippen molar-refractivity contribution in [3.8, 4) is 0 Å². The molecule has 5 nitrogen and oxygen atoms in total. The van der Waals surface area contributed by atoms with Crippen molar-refractivity contribution in [2.24, 2.45) is 5.10 Å². The standard InChI is InChI=1S/C18H14ClN3O2S/c1-10(23)22-16(11-2-5-13(19)6-3-11)9-14(21-22)12-4-7-17-15(8-12)20-18(25)24-17/h2-8,16H,9H2,1H3,(H,20,25). The second kappa shape index (κ2) is 6.13. The fourth-order valence-electron chi connectivity index (χ4n) is 3.05. The van der Waals surface area contributed by atoms with Crippen LogP contribution in [0.4, 0.5) is 0 Å². The number of hydrogen-bond acceptors (Lipinski definition) is 4. The Balaban J connectivity index is 1.72. The van der Waals surface area contributed by atoms with Gasteiger partial charge in [0.1, 0.15) is 0 Å². The maximum atomic E-state index is 12.0. The number of rotatable bonds is 2. The Labute approximate surface area is 153 Å². The number of carbonyl (C=O) groups excluding carboxylic acids is 1. The van der Waals surface area contributed by atoms with Gasteiger partial charge in [-0.05, 0) is 48.1 Å².